The third-order valence-corrected chi connectivity index (χ3v) is 7.30. The number of hydrogen-bond donors (Lipinski definition) is 4. The molecule has 35 heavy (non-hydrogen) atoms. The molecule has 4 N–H and O–H groups in total. The lowest BCUT2D eigenvalue weighted by atomic mass is 10.1. The highest BCUT2D eigenvalue weighted by Gasteiger charge is 2.34. The number of nitrogens with zero attached hydrogens (tertiary/aromatic N) is 3. The number of hydrazone groups is 1. The summed E-state index contributed by atoms with van der Waals surface area (Å²) >= 11 is 13.0. The van der Waals surface area contributed by atoms with Gasteiger partial charge in [0.15, 0.2) is 0 Å². The average Bonchev–Trinajstić information content (AvgIpc) is 3.51. The molecule has 0 spiro atoms. The van der Waals surface area contributed by atoms with Gasteiger partial charge in [0.2, 0.25) is 0 Å². The molecule has 2 aromatic rings. The number of benzene rings is 1. The monoisotopic (exact) mass is 537 g/mol. The maximum absolute atomic E-state index is 13.0. The molecule has 0 bridgehead atoms. The predicted molar refractivity (Wildman–Crippen MR) is 133 cm³/mol. The molecule has 0 radical (unpaired) electrons. The summed E-state index contributed by atoms with van der Waals surface area (Å²) in [6.45, 7) is 3.35. The first kappa shape index (κ1) is 25.1. The number of thiophene rings is 1. The van der Waals surface area contributed by atoms with Gasteiger partial charge < -0.3 is 20.5 Å². The van der Waals surface area contributed by atoms with Gasteiger partial charge in [0.25, 0.3) is 17.7 Å². The Hall–Kier alpha value is -2.96. The van der Waals surface area contributed by atoms with Crippen LogP contribution in [0.3, 0.4) is 0 Å². The predicted octanol–water partition coefficient (Wildman–Crippen LogP) is 2.16. The van der Waals surface area contributed by atoms with Crippen LogP contribution in [0.5, 0.6) is 0 Å². The minimum absolute atomic E-state index is 0.0297. The van der Waals surface area contributed by atoms with Crippen LogP contribution in [0.2, 0.25) is 10.0 Å². The number of carbonyl (C=O) groups excluding carboxylic acids is 3. The third kappa shape index (κ3) is 5.04. The number of carbonyl (C=O) groups is 3. The van der Waals surface area contributed by atoms with Crippen molar-refractivity contribution in [1.82, 2.24) is 15.8 Å². The fourth-order valence-electron chi connectivity index (χ4n) is 3.67. The number of aliphatic hydroxyl groups excluding tert-OH is 2. The van der Waals surface area contributed by atoms with Crippen molar-refractivity contribution in [3.05, 3.63) is 61.4 Å². The third-order valence-electron chi connectivity index (χ3n) is 5.49. The Balaban J connectivity index is 1.41. The molecule has 0 saturated carbocycles. The number of β-amino-alcohol motifs (C(OH)–C–C–N with tert-alkyl or cyclic N) is 2. The Kier molecular flexibility index (Phi) is 7.15. The van der Waals surface area contributed by atoms with Gasteiger partial charge in [0.05, 0.1) is 49.0 Å². The highest BCUT2D eigenvalue weighted by Crippen LogP contribution is 2.31. The number of rotatable bonds is 5. The van der Waals surface area contributed by atoms with Crippen LogP contribution in [0, 0.1) is 0 Å². The van der Waals surface area contributed by atoms with Gasteiger partial charge in [-0.2, -0.15) is 10.1 Å². The molecule has 3 heterocycles. The van der Waals surface area contributed by atoms with Crippen LogP contribution in [0.25, 0.3) is 0 Å². The first-order valence-corrected chi connectivity index (χ1v) is 12.0. The zero-order valence-electron chi connectivity index (χ0n) is 18.6. The topological polar surface area (TPSA) is 135 Å². The maximum Gasteiger partial charge on any atom is 0.282 e. The molecule has 184 valence electrons. The average molecular weight is 538 g/mol. The largest absolute Gasteiger partial charge is 0.388 e. The van der Waals surface area contributed by atoms with E-state index >= 15 is 0 Å². The molecule has 1 aromatic heterocycles. The second-order valence-electron chi connectivity index (χ2n) is 7.99. The Morgan fingerprint density at radius 2 is 1.71 bits per heavy atom. The molecule has 3 amide bonds. The van der Waals surface area contributed by atoms with E-state index in [0.29, 0.717) is 27.0 Å². The van der Waals surface area contributed by atoms with Crippen LogP contribution in [0.4, 0.5) is 5.69 Å². The molecule has 1 fully saturated rings. The Bertz CT molecular complexity index is 1270. The summed E-state index contributed by atoms with van der Waals surface area (Å²) in [5, 5.41) is 25.4. The zero-order chi connectivity index (χ0) is 25.4. The lowest BCUT2D eigenvalue weighted by molar-refractivity contribution is -0.114. The van der Waals surface area contributed by atoms with Crippen LogP contribution < -0.4 is 15.9 Å². The standard InChI is InChI=1S/C22H21Cl2N5O5S/c1-10(19-11(2)27-29(22(19)34)12-3-4-13(23)14(24)7-12)25-26-20(32)17-5-6-18(35-17)21(33)28-8-15(30)16(31)9-28/h3-7,15-16,25,30-31H,8-9H2,1-2H3,(H,26,32)/b19-10-. The van der Waals surface area contributed by atoms with Crippen molar-refractivity contribution < 1.29 is 24.6 Å². The molecular weight excluding hydrogens is 517 g/mol. The number of hydrazine groups is 1. The zero-order valence-corrected chi connectivity index (χ0v) is 20.9. The number of hydrogen-bond acceptors (Lipinski definition) is 8. The molecule has 1 aromatic carbocycles. The summed E-state index contributed by atoms with van der Waals surface area (Å²) in [6.07, 6.45) is -1.97. The number of anilines is 1. The van der Waals surface area contributed by atoms with E-state index in [0.717, 1.165) is 11.3 Å². The van der Waals surface area contributed by atoms with Gasteiger partial charge in [-0.1, -0.05) is 23.2 Å². The van der Waals surface area contributed by atoms with E-state index in [1.807, 2.05) is 0 Å². The van der Waals surface area contributed by atoms with Gasteiger partial charge in [-0.25, -0.2) is 0 Å². The van der Waals surface area contributed by atoms with Gasteiger partial charge >= 0.3 is 0 Å². The highest BCUT2D eigenvalue weighted by molar-refractivity contribution is 7.15. The Morgan fingerprint density at radius 1 is 1.06 bits per heavy atom. The Morgan fingerprint density at radius 3 is 2.37 bits per heavy atom. The van der Waals surface area contributed by atoms with E-state index in [-0.39, 0.29) is 34.5 Å². The van der Waals surface area contributed by atoms with Crippen LogP contribution in [-0.4, -0.2) is 63.8 Å². The van der Waals surface area contributed by atoms with E-state index in [1.54, 1.807) is 26.0 Å². The van der Waals surface area contributed by atoms with Gasteiger partial charge in [-0.15, -0.1) is 11.3 Å². The number of amides is 3. The second kappa shape index (κ2) is 9.96. The summed E-state index contributed by atoms with van der Waals surface area (Å²) in [5.41, 5.74) is 6.80. The van der Waals surface area contributed by atoms with Crippen molar-refractivity contribution in [2.24, 2.45) is 5.10 Å². The molecule has 2 aliphatic heterocycles. The number of halogens is 2. The lowest BCUT2D eigenvalue weighted by Crippen LogP contribution is -2.37. The van der Waals surface area contributed by atoms with E-state index in [1.165, 1.54) is 28.1 Å². The molecule has 2 atom stereocenters. The van der Waals surface area contributed by atoms with Crippen LogP contribution >= 0.6 is 34.5 Å². The van der Waals surface area contributed by atoms with Gasteiger partial charge in [0.1, 0.15) is 0 Å². The first-order valence-electron chi connectivity index (χ1n) is 10.4. The summed E-state index contributed by atoms with van der Waals surface area (Å²) in [5.74, 6) is -1.28. The number of nitrogens with one attached hydrogen (secondary N) is 2. The van der Waals surface area contributed by atoms with E-state index in [2.05, 4.69) is 16.0 Å². The smallest absolute Gasteiger partial charge is 0.282 e. The molecular formula is C22H21Cl2N5O5S. The van der Waals surface area contributed by atoms with Gasteiger partial charge in [-0.05, 0) is 44.2 Å². The summed E-state index contributed by atoms with van der Waals surface area (Å²) in [7, 11) is 0. The number of allylic oxidation sites excluding steroid dienone is 1. The van der Waals surface area contributed by atoms with Crippen molar-refractivity contribution in [3.63, 3.8) is 0 Å². The van der Waals surface area contributed by atoms with Crippen molar-refractivity contribution in [1.29, 1.82) is 0 Å². The molecule has 2 aliphatic rings. The Labute approximate surface area is 214 Å². The van der Waals surface area contributed by atoms with Gasteiger partial charge in [-0.3, -0.25) is 19.8 Å². The lowest BCUT2D eigenvalue weighted by Gasteiger charge is -2.14. The van der Waals surface area contributed by atoms with Gasteiger partial charge in [0, 0.05) is 18.8 Å². The minimum Gasteiger partial charge on any atom is -0.388 e. The molecule has 0 aliphatic carbocycles. The highest BCUT2D eigenvalue weighted by atomic mass is 35.5. The minimum atomic E-state index is -0.986. The van der Waals surface area contributed by atoms with Crippen LogP contribution in [0.15, 0.2) is 46.7 Å². The molecule has 2 unspecified atom stereocenters. The molecule has 13 heteroatoms. The summed E-state index contributed by atoms with van der Waals surface area (Å²) < 4.78 is 0. The van der Waals surface area contributed by atoms with E-state index < -0.39 is 24.0 Å². The molecule has 10 nitrogen and oxygen atoms in total. The van der Waals surface area contributed by atoms with Crippen LogP contribution in [-0.2, 0) is 4.79 Å². The number of aliphatic hydroxyl groups is 2. The summed E-state index contributed by atoms with van der Waals surface area (Å²) in [4.78, 5) is 40.0. The first-order chi connectivity index (χ1) is 16.6. The maximum atomic E-state index is 13.0. The number of likely N-dealkylation sites (tertiary alicyclic amines) is 1. The fourth-order valence-corrected chi connectivity index (χ4v) is 4.83. The molecule has 4 rings (SSSR count). The SMILES string of the molecule is CC1=NN(c2ccc(Cl)c(Cl)c2)C(=O)/C1=C(/C)NNC(=O)c1ccc(C(=O)N2CC(O)C(O)C2)s1. The normalized spacial score (nSPS) is 21.3. The fraction of sp³-hybridized carbons (Fsp3) is 0.273. The summed E-state index contributed by atoms with van der Waals surface area (Å²) in [6, 6.07) is 7.73. The molecule has 1 saturated heterocycles. The van der Waals surface area contributed by atoms with Crippen molar-refractivity contribution in [2.45, 2.75) is 26.1 Å². The van der Waals surface area contributed by atoms with Crippen molar-refractivity contribution >= 4 is 63.7 Å². The van der Waals surface area contributed by atoms with E-state index in [9.17, 15) is 24.6 Å². The van der Waals surface area contributed by atoms with Crippen LogP contribution in [0.1, 0.15) is 33.2 Å². The van der Waals surface area contributed by atoms with E-state index in [4.69, 9.17) is 23.2 Å². The second-order valence-corrected chi connectivity index (χ2v) is 9.89. The van der Waals surface area contributed by atoms with Crippen molar-refractivity contribution in [3.8, 4) is 0 Å². The van der Waals surface area contributed by atoms with Crippen molar-refractivity contribution in [2.75, 3.05) is 18.1 Å². The quantitative estimate of drug-likeness (QED) is 0.341.